The van der Waals surface area contributed by atoms with E-state index < -0.39 is 0 Å². The summed E-state index contributed by atoms with van der Waals surface area (Å²) in [5.41, 5.74) is 0. The van der Waals surface area contributed by atoms with E-state index in [9.17, 15) is 0 Å². The fourth-order valence-corrected chi connectivity index (χ4v) is 1.40. The van der Waals surface area contributed by atoms with Crippen LogP contribution in [0.2, 0.25) is 0 Å². The van der Waals surface area contributed by atoms with Crippen molar-refractivity contribution in [3.05, 3.63) is 0 Å². The second-order valence-electron chi connectivity index (χ2n) is 2.25. The SMILES string of the molecule is [B][C@H]1CC(O)[C@@H](CP)O1. The summed E-state index contributed by atoms with van der Waals surface area (Å²) in [5.74, 6) is 0. The van der Waals surface area contributed by atoms with Crippen LogP contribution in [0.25, 0.3) is 0 Å². The van der Waals surface area contributed by atoms with Gasteiger partial charge in [-0.3, -0.25) is 0 Å². The van der Waals surface area contributed by atoms with Gasteiger partial charge in [0.15, 0.2) is 0 Å². The Balaban J connectivity index is 2.38. The smallest absolute Gasteiger partial charge is 0.109 e. The molecule has 2 unspecified atom stereocenters. The van der Waals surface area contributed by atoms with Crippen LogP contribution in [0, 0.1) is 0 Å². The van der Waals surface area contributed by atoms with E-state index in [1.807, 2.05) is 0 Å². The van der Waals surface area contributed by atoms with Crippen LogP contribution >= 0.6 is 9.24 Å². The first kappa shape index (κ1) is 7.52. The summed E-state index contributed by atoms with van der Waals surface area (Å²) in [4.78, 5) is 0. The summed E-state index contributed by atoms with van der Waals surface area (Å²) in [6.07, 6.45) is 0.899. The van der Waals surface area contributed by atoms with Crippen molar-refractivity contribution in [3.63, 3.8) is 0 Å². The van der Waals surface area contributed by atoms with Gasteiger partial charge in [-0.05, 0) is 12.6 Å². The van der Waals surface area contributed by atoms with Crippen LogP contribution in [0.15, 0.2) is 0 Å². The molecule has 1 aliphatic rings. The van der Waals surface area contributed by atoms with Gasteiger partial charge in [0.2, 0.25) is 0 Å². The molecule has 4 heteroatoms. The molecule has 0 bridgehead atoms. The van der Waals surface area contributed by atoms with Crippen LogP contribution in [0.5, 0.6) is 0 Å². The summed E-state index contributed by atoms with van der Waals surface area (Å²) >= 11 is 0. The van der Waals surface area contributed by atoms with E-state index in [4.69, 9.17) is 17.7 Å². The van der Waals surface area contributed by atoms with Crippen molar-refractivity contribution in [2.45, 2.75) is 24.6 Å². The highest BCUT2D eigenvalue weighted by Gasteiger charge is 2.28. The Bertz CT molecular complexity index is 101. The normalized spacial score (nSPS) is 43.6. The van der Waals surface area contributed by atoms with Crippen molar-refractivity contribution in [2.75, 3.05) is 6.16 Å². The monoisotopic (exact) mass is 144 g/mol. The minimum atomic E-state index is -0.363. The molecule has 50 valence electrons. The van der Waals surface area contributed by atoms with E-state index in [1.54, 1.807) is 0 Å². The van der Waals surface area contributed by atoms with E-state index in [0.717, 1.165) is 6.16 Å². The van der Waals surface area contributed by atoms with Crippen LogP contribution in [0.4, 0.5) is 0 Å². The predicted molar refractivity (Wildman–Crippen MR) is 39.6 cm³/mol. The van der Waals surface area contributed by atoms with Gasteiger partial charge >= 0.3 is 0 Å². The molecular formula is C5H10BO2P. The molecule has 0 spiro atoms. The average molecular weight is 144 g/mol. The van der Waals surface area contributed by atoms with Gasteiger partial charge in [0.05, 0.1) is 12.2 Å². The summed E-state index contributed by atoms with van der Waals surface area (Å²) in [6.45, 7) is 0. The number of aliphatic hydroxyl groups is 1. The Morgan fingerprint density at radius 2 is 2.44 bits per heavy atom. The second-order valence-corrected chi connectivity index (χ2v) is 2.72. The number of ether oxygens (including phenoxy) is 1. The Labute approximate surface area is 58.6 Å². The third-order valence-corrected chi connectivity index (χ3v) is 1.95. The molecule has 1 rings (SSSR count). The predicted octanol–water partition coefficient (Wildman–Crippen LogP) is -0.494. The van der Waals surface area contributed by atoms with Gasteiger partial charge in [-0.2, -0.15) is 0 Å². The third-order valence-electron chi connectivity index (χ3n) is 1.48. The van der Waals surface area contributed by atoms with Crippen molar-refractivity contribution >= 4 is 17.1 Å². The van der Waals surface area contributed by atoms with Crippen LogP contribution in [-0.2, 0) is 4.74 Å². The summed E-state index contributed by atoms with van der Waals surface area (Å²) in [7, 11) is 7.92. The molecule has 1 heterocycles. The zero-order chi connectivity index (χ0) is 6.85. The lowest BCUT2D eigenvalue weighted by Crippen LogP contribution is -2.21. The van der Waals surface area contributed by atoms with Crippen LogP contribution < -0.4 is 0 Å². The highest BCUT2D eigenvalue weighted by molar-refractivity contribution is 7.16. The molecule has 0 aromatic heterocycles. The summed E-state index contributed by atoms with van der Waals surface area (Å²) in [5, 5.41) is 9.14. The summed E-state index contributed by atoms with van der Waals surface area (Å²) < 4.78 is 5.13. The molecular weight excluding hydrogens is 134 g/mol. The summed E-state index contributed by atoms with van der Waals surface area (Å²) in [6, 6.07) is -0.259. The van der Waals surface area contributed by atoms with Crippen LogP contribution in [0.3, 0.4) is 0 Å². The van der Waals surface area contributed by atoms with E-state index in [-0.39, 0.29) is 18.2 Å². The Kier molecular flexibility index (Phi) is 2.51. The maximum atomic E-state index is 9.14. The van der Waals surface area contributed by atoms with Crippen LogP contribution in [0.1, 0.15) is 6.42 Å². The first-order valence-corrected chi connectivity index (χ1v) is 3.85. The maximum Gasteiger partial charge on any atom is 0.109 e. The number of aliphatic hydroxyl groups excluding tert-OH is 1. The van der Waals surface area contributed by atoms with E-state index in [2.05, 4.69) is 9.24 Å². The number of hydrogen-bond donors (Lipinski definition) is 1. The molecule has 1 fully saturated rings. The number of hydrogen-bond acceptors (Lipinski definition) is 2. The molecule has 0 aliphatic carbocycles. The minimum absolute atomic E-state index is 0.0648. The van der Waals surface area contributed by atoms with E-state index in [1.165, 1.54) is 0 Å². The van der Waals surface area contributed by atoms with E-state index >= 15 is 0 Å². The highest BCUT2D eigenvalue weighted by atomic mass is 31.0. The van der Waals surface area contributed by atoms with Gasteiger partial charge in [0.25, 0.3) is 0 Å². The largest absolute Gasteiger partial charge is 0.390 e. The lowest BCUT2D eigenvalue weighted by Gasteiger charge is -2.09. The van der Waals surface area contributed by atoms with Crippen molar-refractivity contribution < 1.29 is 9.84 Å². The highest BCUT2D eigenvalue weighted by Crippen LogP contribution is 2.19. The van der Waals surface area contributed by atoms with Crippen molar-refractivity contribution in [1.82, 2.24) is 0 Å². The first-order chi connectivity index (χ1) is 4.24. The molecule has 2 nitrogen and oxygen atoms in total. The molecule has 0 saturated carbocycles. The molecule has 1 aliphatic heterocycles. The lowest BCUT2D eigenvalue weighted by atomic mass is 9.96. The molecule has 1 N–H and O–H groups in total. The zero-order valence-electron chi connectivity index (χ0n) is 5.16. The quantitative estimate of drug-likeness (QED) is 0.397. The maximum absolute atomic E-state index is 9.14. The Morgan fingerprint density at radius 3 is 2.67 bits per heavy atom. The van der Waals surface area contributed by atoms with Crippen molar-refractivity contribution in [3.8, 4) is 0 Å². The van der Waals surface area contributed by atoms with Gasteiger partial charge in [-0.1, -0.05) is 0 Å². The Morgan fingerprint density at radius 1 is 1.78 bits per heavy atom. The average Bonchev–Trinajstić information content (AvgIpc) is 2.10. The zero-order valence-corrected chi connectivity index (χ0v) is 6.31. The van der Waals surface area contributed by atoms with Gasteiger partial charge in [-0.15, -0.1) is 9.24 Å². The fraction of sp³-hybridized carbons (Fsp3) is 1.00. The molecule has 1 saturated heterocycles. The minimum Gasteiger partial charge on any atom is -0.390 e. The molecule has 4 atom stereocenters. The Hall–Kier alpha value is 0.415. The molecule has 0 amide bonds. The van der Waals surface area contributed by atoms with E-state index in [0.29, 0.717) is 6.42 Å². The van der Waals surface area contributed by atoms with Gasteiger partial charge in [0, 0.05) is 6.00 Å². The molecule has 9 heavy (non-hydrogen) atoms. The van der Waals surface area contributed by atoms with Gasteiger partial charge < -0.3 is 9.84 Å². The number of rotatable bonds is 1. The first-order valence-electron chi connectivity index (χ1n) is 3.03. The topological polar surface area (TPSA) is 29.5 Å². The van der Waals surface area contributed by atoms with Crippen LogP contribution in [-0.4, -0.2) is 37.3 Å². The molecule has 2 radical (unpaired) electrons. The van der Waals surface area contributed by atoms with Crippen molar-refractivity contribution in [2.24, 2.45) is 0 Å². The molecule has 0 aromatic carbocycles. The van der Waals surface area contributed by atoms with Crippen molar-refractivity contribution in [1.29, 1.82) is 0 Å². The standard InChI is InChI=1S/C5H10BO2P/c6-5-1-3(7)4(2-9)8-5/h3-5,7H,1-2,9H2/t3?,4-,5-/m1/s1. The third kappa shape index (κ3) is 1.67. The molecule has 0 aromatic rings. The lowest BCUT2D eigenvalue weighted by molar-refractivity contribution is 0.0487. The fourth-order valence-electron chi connectivity index (χ4n) is 0.973. The van der Waals surface area contributed by atoms with Gasteiger partial charge in [-0.25, -0.2) is 0 Å². The van der Waals surface area contributed by atoms with Gasteiger partial charge in [0.1, 0.15) is 7.85 Å². The second kappa shape index (κ2) is 3.00.